The number of benzene rings is 1. The number of aliphatic hydroxyl groups excluding tert-OH is 1. The van der Waals surface area contributed by atoms with Gasteiger partial charge in [0.05, 0.1) is 11.7 Å². The molecule has 1 heterocycles. The summed E-state index contributed by atoms with van der Waals surface area (Å²) < 4.78 is 37.7. The second-order valence-corrected chi connectivity index (χ2v) is 4.62. The van der Waals surface area contributed by atoms with Crippen molar-refractivity contribution < 1.29 is 18.3 Å². The Morgan fingerprint density at radius 2 is 1.65 bits per heavy atom. The first kappa shape index (κ1) is 14.5. The van der Waals surface area contributed by atoms with Gasteiger partial charge in [-0.05, 0) is 42.2 Å². The van der Waals surface area contributed by atoms with Crippen LogP contribution in [0.25, 0.3) is 0 Å². The first-order valence-electron chi connectivity index (χ1n) is 6.18. The van der Waals surface area contributed by atoms with Gasteiger partial charge in [0.1, 0.15) is 0 Å². The molecule has 1 aromatic heterocycles. The molecule has 1 unspecified atom stereocenters. The lowest BCUT2D eigenvalue weighted by molar-refractivity contribution is -0.137. The van der Waals surface area contributed by atoms with Gasteiger partial charge in [-0.2, -0.15) is 13.2 Å². The summed E-state index contributed by atoms with van der Waals surface area (Å²) in [6.07, 6.45) is -1.27. The number of hydrogen-bond donors (Lipinski definition) is 1. The summed E-state index contributed by atoms with van der Waals surface area (Å²) in [6.45, 7) is 0. The van der Waals surface area contributed by atoms with Crippen molar-refractivity contribution in [2.45, 2.75) is 25.1 Å². The molecular formula is C15H14F3NO. The van der Waals surface area contributed by atoms with Crippen molar-refractivity contribution in [3.05, 3.63) is 65.5 Å². The zero-order valence-electron chi connectivity index (χ0n) is 10.6. The van der Waals surface area contributed by atoms with Gasteiger partial charge in [-0.3, -0.25) is 4.98 Å². The third-order valence-electron chi connectivity index (χ3n) is 2.95. The fourth-order valence-electron chi connectivity index (χ4n) is 2.01. The molecule has 2 aromatic rings. The molecule has 0 aliphatic heterocycles. The molecule has 0 amide bonds. The second kappa shape index (κ2) is 6.05. The van der Waals surface area contributed by atoms with Crippen molar-refractivity contribution in [3.8, 4) is 0 Å². The highest BCUT2D eigenvalue weighted by molar-refractivity contribution is 5.26. The molecular weight excluding hydrogens is 267 g/mol. The van der Waals surface area contributed by atoms with E-state index in [9.17, 15) is 18.3 Å². The van der Waals surface area contributed by atoms with Crippen molar-refractivity contribution in [1.82, 2.24) is 4.98 Å². The van der Waals surface area contributed by atoms with E-state index in [1.165, 1.54) is 6.07 Å². The van der Waals surface area contributed by atoms with Gasteiger partial charge in [0.25, 0.3) is 0 Å². The molecule has 2 nitrogen and oxygen atoms in total. The zero-order chi connectivity index (χ0) is 14.6. The van der Waals surface area contributed by atoms with E-state index in [1.54, 1.807) is 30.6 Å². The number of nitrogens with zero attached hydrogens (tertiary/aromatic N) is 1. The molecule has 0 aliphatic carbocycles. The maximum absolute atomic E-state index is 12.6. The highest BCUT2D eigenvalue weighted by Crippen LogP contribution is 2.29. The number of aromatic nitrogens is 1. The van der Waals surface area contributed by atoms with E-state index >= 15 is 0 Å². The Bertz CT molecular complexity index is 555. The summed E-state index contributed by atoms with van der Waals surface area (Å²) >= 11 is 0. The van der Waals surface area contributed by atoms with Gasteiger partial charge in [-0.15, -0.1) is 0 Å². The van der Waals surface area contributed by atoms with E-state index in [1.807, 2.05) is 0 Å². The normalized spacial score (nSPS) is 13.2. The van der Waals surface area contributed by atoms with Crippen LogP contribution in [0.5, 0.6) is 0 Å². The molecule has 0 saturated carbocycles. The lowest BCUT2D eigenvalue weighted by Crippen LogP contribution is -2.14. The van der Waals surface area contributed by atoms with E-state index < -0.39 is 17.8 Å². The quantitative estimate of drug-likeness (QED) is 0.933. The lowest BCUT2D eigenvalue weighted by Gasteiger charge is -2.12. The number of halogens is 3. The van der Waals surface area contributed by atoms with Crippen LogP contribution in [-0.4, -0.2) is 16.2 Å². The molecule has 1 aromatic carbocycles. The fourth-order valence-corrected chi connectivity index (χ4v) is 2.01. The third kappa shape index (κ3) is 4.06. The summed E-state index contributed by atoms with van der Waals surface area (Å²) in [5.74, 6) is 0. The molecule has 0 spiro atoms. The van der Waals surface area contributed by atoms with E-state index in [4.69, 9.17) is 0 Å². The maximum atomic E-state index is 12.6. The number of hydrogen-bond acceptors (Lipinski definition) is 2. The van der Waals surface area contributed by atoms with Crippen LogP contribution in [0.15, 0.2) is 48.8 Å². The number of pyridine rings is 1. The molecule has 0 radical (unpaired) electrons. The van der Waals surface area contributed by atoms with Crippen molar-refractivity contribution in [1.29, 1.82) is 0 Å². The number of aliphatic hydroxyl groups is 1. The summed E-state index contributed by atoms with van der Waals surface area (Å²) in [5.41, 5.74) is 0.687. The lowest BCUT2D eigenvalue weighted by atomic mass is 10.0. The van der Waals surface area contributed by atoms with Gasteiger partial charge >= 0.3 is 6.18 Å². The van der Waals surface area contributed by atoms with Crippen LogP contribution in [0.1, 0.15) is 16.7 Å². The van der Waals surface area contributed by atoms with Crippen LogP contribution in [0, 0.1) is 0 Å². The minimum Gasteiger partial charge on any atom is -0.392 e. The Morgan fingerprint density at radius 1 is 1.00 bits per heavy atom. The smallest absolute Gasteiger partial charge is 0.392 e. The average molecular weight is 281 g/mol. The van der Waals surface area contributed by atoms with E-state index in [-0.39, 0.29) is 6.42 Å². The van der Waals surface area contributed by atoms with Crippen molar-refractivity contribution >= 4 is 0 Å². The molecule has 5 heteroatoms. The Morgan fingerprint density at radius 3 is 2.30 bits per heavy atom. The molecule has 0 fully saturated rings. The molecule has 1 N–H and O–H groups in total. The molecule has 0 saturated heterocycles. The SMILES string of the molecule is OC(Cc1ccncc1)Cc1cccc(C(F)(F)F)c1. The van der Waals surface area contributed by atoms with Crippen molar-refractivity contribution in [2.24, 2.45) is 0 Å². The predicted octanol–water partition coefficient (Wildman–Crippen LogP) is 3.25. The highest BCUT2D eigenvalue weighted by atomic mass is 19.4. The van der Waals surface area contributed by atoms with Crippen molar-refractivity contribution in [3.63, 3.8) is 0 Å². The second-order valence-electron chi connectivity index (χ2n) is 4.62. The topological polar surface area (TPSA) is 33.1 Å². The largest absolute Gasteiger partial charge is 0.416 e. The monoisotopic (exact) mass is 281 g/mol. The molecule has 0 bridgehead atoms. The van der Waals surface area contributed by atoms with E-state index in [0.717, 1.165) is 17.7 Å². The van der Waals surface area contributed by atoms with Crippen LogP contribution in [0.2, 0.25) is 0 Å². The Kier molecular flexibility index (Phi) is 4.39. The number of alkyl halides is 3. The standard InChI is InChI=1S/C15H14F3NO/c16-15(17,18)13-3-1-2-12(8-13)10-14(20)9-11-4-6-19-7-5-11/h1-8,14,20H,9-10H2. The van der Waals surface area contributed by atoms with Crippen LogP contribution >= 0.6 is 0 Å². The minimum absolute atomic E-state index is 0.187. The van der Waals surface area contributed by atoms with Crippen molar-refractivity contribution in [2.75, 3.05) is 0 Å². The third-order valence-corrected chi connectivity index (χ3v) is 2.95. The highest BCUT2D eigenvalue weighted by Gasteiger charge is 2.30. The maximum Gasteiger partial charge on any atom is 0.416 e. The van der Waals surface area contributed by atoms with Crippen LogP contribution in [-0.2, 0) is 19.0 Å². The first-order chi connectivity index (χ1) is 9.45. The molecule has 0 aliphatic rings. The average Bonchev–Trinajstić information content (AvgIpc) is 2.39. The summed E-state index contributed by atoms with van der Waals surface area (Å²) in [7, 11) is 0. The van der Waals surface area contributed by atoms with E-state index in [0.29, 0.717) is 12.0 Å². The van der Waals surface area contributed by atoms with Gasteiger partial charge in [-0.25, -0.2) is 0 Å². The van der Waals surface area contributed by atoms with Gasteiger partial charge in [0.15, 0.2) is 0 Å². The van der Waals surface area contributed by atoms with Gasteiger partial charge in [-0.1, -0.05) is 18.2 Å². The summed E-state index contributed by atoms with van der Waals surface area (Å²) in [5, 5.41) is 9.95. The fraction of sp³-hybridized carbons (Fsp3) is 0.267. The molecule has 1 atom stereocenters. The minimum atomic E-state index is -4.36. The Hall–Kier alpha value is -1.88. The zero-order valence-corrected chi connectivity index (χ0v) is 10.6. The van der Waals surface area contributed by atoms with E-state index in [2.05, 4.69) is 4.98 Å². The molecule has 106 valence electrons. The number of rotatable bonds is 4. The van der Waals surface area contributed by atoms with Crippen LogP contribution in [0.3, 0.4) is 0 Å². The molecule has 2 rings (SSSR count). The molecule has 20 heavy (non-hydrogen) atoms. The predicted molar refractivity (Wildman–Crippen MR) is 69.1 cm³/mol. The van der Waals surface area contributed by atoms with Gasteiger partial charge in [0, 0.05) is 12.4 Å². The Labute approximate surface area is 114 Å². The summed E-state index contributed by atoms with van der Waals surface area (Å²) in [6, 6.07) is 8.60. The Balaban J connectivity index is 2.03. The van der Waals surface area contributed by atoms with Crippen LogP contribution in [0.4, 0.5) is 13.2 Å². The first-order valence-corrected chi connectivity index (χ1v) is 6.18. The van der Waals surface area contributed by atoms with Crippen LogP contribution < -0.4 is 0 Å². The van der Waals surface area contributed by atoms with Gasteiger partial charge < -0.3 is 5.11 Å². The van der Waals surface area contributed by atoms with Gasteiger partial charge in [0.2, 0.25) is 0 Å². The summed E-state index contributed by atoms with van der Waals surface area (Å²) in [4.78, 5) is 3.87.